The minimum absolute atomic E-state index is 0.312. The fourth-order valence-electron chi connectivity index (χ4n) is 1.45. The first-order valence-electron chi connectivity index (χ1n) is 4.95. The maximum absolute atomic E-state index is 5.53. The summed E-state index contributed by atoms with van der Waals surface area (Å²) in [6.07, 6.45) is 0. The number of hydrogen-bond donors (Lipinski definition) is 2. The molecule has 0 bridgehead atoms. The minimum Gasteiger partial charge on any atom is -0.329 e. The van der Waals surface area contributed by atoms with E-state index in [-0.39, 0.29) is 0 Å². The molecule has 0 aliphatic heterocycles. The van der Waals surface area contributed by atoms with E-state index in [1.165, 1.54) is 0 Å². The fraction of sp³-hybridized carbons (Fsp3) is 1.00. The molecule has 0 aliphatic carbocycles. The van der Waals surface area contributed by atoms with Crippen LogP contribution in [0.25, 0.3) is 0 Å². The zero-order valence-corrected chi connectivity index (χ0v) is 9.72. The topological polar surface area (TPSA) is 41.3 Å². The zero-order chi connectivity index (χ0) is 10.5. The third-order valence-electron chi connectivity index (χ3n) is 2.03. The summed E-state index contributed by atoms with van der Waals surface area (Å²) in [5, 5.41) is 3.43. The lowest BCUT2D eigenvalue weighted by Gasteiger charge is -2.29. The van der Waals surface area contributed by atoms with E-state index in [1.807, 2.05) is 0 Å². The second kappa shape index (κ2) is 5.58. The van der Waals surface area contributed by atoms with E-state index in [4.69, 9.17) is 5.73 Å². The van der Waals surface area contributed by atoms with Crippen LogP contribution < -0.4 is 11.1 Å². The standard InChI is InChI=1S/C10H25N3/c1-9(6-11)12-7-10(2,3)8-13(4)5/h9,12H,6-8,11H2,1-5H3. The Bertz CT molecular complexity index is 132. The van der Waals surface area contributed by atoms with Crippen LogP contribution in [0.1, 0.15) is 20.8 Å². The maximum atomic E-state index is 5.53. The summed E-state index contributed by atoms with van der Waals surface area (Å²) in [5.74, 6) is 0. The van der Waals surface area contributed by atoms with Crippen LogP contribution in [0.4, 0.5) is 0 Å². The number of hydrogen-bond acceptors (Lipinski definition) is 3. The minimum atomic E-state index is 0.312. The van der Waals surface area contributed by atoms with E-state index in [0.717, 1.165) is 13.1 Å². The molecule has 0 aliphatic rings. The van der Waals surface area contributed by atoms with Crippen molar-refractivity contribution in [2.24, 2.45) is 11.1 Å². The van der Waals surface area contributed by atoms with Crippen molar-refractivity contribution >= 4 is 0 Å². The van der Waals surface area contributed by atoms with Crippen molar-refractivity contribution in [2.45, 2.75) is 26.8 Å². The lowest BCUT2D eigenvalue weighted by atomic mass is 9.92. The summed E-state index contributed by atoms with van der Waals surface area (Å²) < 4.78 is 0. The highest BCUT2D eigenvalue weighted by Gasteiger charge is 2.18. The Morgan fingerprint density at radius 3 is 2.31 bits per heavy atom. The molecule has 1 unspecified atom stereocenters. The molecule has 3 nitrogen and oxygen atoms in total. The van der Waals surface area contributed by atoms with Gasteiger partial charge in [0, 0.05) is 25.7 Å². The van der Waals surface area contributed by atoms with E-state index in [1.54, 1.807) is 0 Å². The van der Waals surface area contributed by atoms with Crippen LogP contribution in [0.3, 0.4) is 0 Å². The molecule has 0 heterocycles. The maximum Gasteiger partial charge on any atom is 0.0162 e. The van der Waals surface area contributed by atoms with Crippen LogP contribution in [0, 0.1) is 5.41 Å². The fourth-order valence-corrected chi connectivity index (χ4v) is 1.45. The average molecular weight is 187 g/mol. The van der Waals surface area contributed by atoms with Crippen LogP contribution >= 0.6 is 0 Å². The second-order valence-electron chi connectivity index (χ2n) is 4.92. The van der Waals surface area contributed by atoms with Crippen molar-refractivity contribution in [3.8, 4) is 0 Å². The first-order chi connectivity index (χ1) is 5.87. The molecule has 3 heteroatoms. The summed E-state index contributed by atoms with van der Waals surface area (Å²) >= 11 is 0. The molecule has 13 heavy (non-hydrogen) atoms. The Balaban J connectivity index is 3.74. The normalized spacial score (nSPS) is 15.0. The number of nitrogens with two attached hydrogens (primary N) is 1. The van der Waals surface area contributed by atoms with Crippen molar-refractivity contribution in [1.82, 2.24) is 10.2 Å². The van der Waals surface area contributed by atoms with Gasteiger partial charge in [0.15, 0.2) is 0 Å². The molecule has 0 spiro atoms. The highest BCUT2D eigenvalue weighted by molar-refractivity contribution is 4.76. The molecule has 0 radical (unpaired) electrons. The number of nitrogens with zero attached hydrogens (tertiary/aromatic N) is 1. The van der Waals surface area contributed by atoms with Crippen molar-refractivity contribution in [3.63, 3.8) is 0 Å². The molecule has 0 aromatic carbocycles. The third kappa shape index (κ3) is 6.99. The van der Waals surface area contributed by atoms with Gasteiger partial charge >= 0.3 is 0 Å². The van der Waals surface area contributed by atoms with Gasteiger partial charge in [-0.1, -0.05) is 13.8 Å². The van der Waals surface area contributed by atoms with Gasteiger partial charge in [0.05, 0.1) is 0 Å². The summed E-state index contributed by atoms with van der Waals surface area (Å²) in [6.45, 7) is 9.47. The van der Waals surface area contributed by atoms with Crippen LogP contribution in [0.15, 0.2) is 0 Å². The molecule has 0 aromatic rings. The Hall–Kier alpha value is -0.120. The number of rotatable bonds is 6. The van der Waals surface area contributed by atoms with Crippen molar-refractivity contribution in [2.75, 3.05) is 33.7 Å². The Labute approximate surface area is 82.7 Å². The van der Waals surface area contributed by atoms with Gasteiger partial charge in [0.2, 0.25) is 0 Å². The lowest BCUT2D eigenvalue weighted by molar-refractivity contribution is 0.227. The highest BCUT2D eigenvalue weighted by Crippen LogP contribution is 2.14. The summed E-state index contributed by atoms with van der Waals surface area (Å²) in [6, 6.07) is 0.418. The molecule has 0 fully saturated rings. The first kappa shape index (κ1) is 12.9. The van der Waals surface area contributed by atoms with Crippen LogP contribution in [0.5, 0.6) is 0 Å². The largest absolute Gasteiger partial charge is 0.329 e. The summed E-state index contributed by atoms with van der Waals surface area (Å²) in [7, 11) is 4.21. The zero-order valence-electron chi connectivity index (χ0n) is 9.72. The summed E-state index contributed by atoms with van der Waals surface area (Å²) in [5.41, 5.74) is 5.84. The van der Waals surface area contributed by atoms with E-state index in [0.29, 0.717) is 18.0 Å². The molecule has 0 saturated carbocycles. The van der Waals surface area contributed by atoms with Gasteiger partial charge in [0.25, 0.3) is 0 Å². The van der Waals surface area contributed by atoms with Gasteiger partial charge in [-0.15, -0.1) is 0 Å². The van der Waals surface area contributed by atoms with Gasteiger partial charge in [0.1, 0.15) is 0 Å². The van der Waals surface area contributed by atoms with Crippen molar-refractivity contribution < 1.29 is 0 Å². The van der Waals surface area contributed by atoms with E-state index in [9.17, 15) is 0 Å². The monoisotopic (exact) mass is 187 g/mol. The molecular weight excluding hydrogens is 162 g/mol. The van der Waals surface area contributed by atoms with Gasteiger partial charge in [-0.3, -0.25) is 0 Å². The highest BCUT2D eigenvalue weighted by atomic mass is 15.1. The predicted octanol–water partition coefficient (Wildman–Crippen LogP) is 0.511. The SMILES string of the molecule is CC(CN)NCC(C)(C)CN(C)C. The molecule has 3 N–H and O–H groups in total. The predicted molar refractivity (Wildman–Crippen MR) is 58.9 cm³/mol. The molecule has 80 valence electrons. The van der Waals surface area contributed by atoms with Crippen molar-refractivity contribution in [1.29, 1.82) is 0 Å². The van der Waals surface area contributed by atoms with Gasteiger partial charge in [-0.2, -0.15) is 0 Å². The molecular formula is C10H25N3. The second-order valence-corrected chi connectivity index (χ2v) is 4.92. The molecule has 0 rings (SSSR count). The smallest absolute Gasteiger partial charge is 0.0162 e. The average Bonchev–Trinajstić information content (AvgIpc) is 1.98. The lowest BCUT2D eigenvalue weighted by Crippen LogP contribution is -2.43. The molecule has 0 saturated heterocycles. The van der Waals surface area contributed by atoms with E-state index < -0.39 is 0 Å². The van der Waals surface area contributed by atoms with E-state index in [2.05, 4.69) is 45.1 Å². The third-order valence-corrected chi connectivity index (χ3v) is 2.03. The van der Waals surface area contributed by atoms with Gasteiger partial charge in [-0.25, -0.2) is 0 Å². The molecule has 0 amide bonds. The van der Waals surface area contributed by atoms with Gasteiger partial charge in [-0.05, 0) is 26.4 Å². The van der Waals surface area contributed by atoms with Crippen LogP contribution in [-0.2, 0) is 0 Å². The van der Waals surface area contributed by atoms with Crippen LogP contribution in [0.2, 0.25) is 0 Å². The molecule has 1 atom stereocenters. The van der Waals surface area contributed by atoms with E-state index >= 15 is 0 Å². The first-order valence-corrected chi connectivity index (χ1v) is 4.95. The Kier molecular flexibility index (Phi) is 5.53. The Morgan fingerprint density at radius 2 is 1.92 bits per heavy atom. The van der Waals surface area contributed by atoms with Crippen LogP contribution in [-0.4, -0.2) is 44.7 Å². The Morgan fingerprint density at radius 1 is 1.38 bits per heavy atom. The van der Waals surface area contributed by atoms with Crippen molar-refractivity contribution in [3.05, 3.63) is 0 Å². The summed E-state index contributed by atoms with van der Waals surface area (Å²) in [4.78, 5) is 2.22. The quantitative estimate of drug-likeness (QED) is 0.636. The molecule has 0 aromatic heterocycles. The number of nitrogens with one attached hydrogen (secondary N) is 1. The van der Waals surface area contributed by atoms with Gasteiger partial charge < -0.3 is 16.0 Å².